The van der Waals surface area contributed by atoms with Crippen molar-refractivity contribution in [1.82, 2.24) is 4.90 Å². The molecular formula is C17H24N2O4. The maximum absolute atomic E-state index is 12.6. The Labute approximate surface area is 135 Å². The molecule has 6 nitrogen and oxygen atoms in total. The Kier molecular flexibility index (Phi) is 4.43. The van der Waals surface area contributed by atoms with Crippen molar-refractivity contribution in [3.8, 4) is 0 Å². The summed E-state index contributed by atoms with van der Waals surface area (Å²) < 4.78 is 11.2. The molecule has 0 aliphatic carbocycles. The van der Waals surface area contributed by atoms with Crippen LogP contribution in [0, 0.1) is 25.7 Å². The van der Waals surface area contributed by atoms with Crippen LogP contribution < -0.4 is 5.73 Å². The van der Waals surface area contributed by atoms with Gasteiger partial charge >= 0.3 is 0 Å². The average Bonchev–Trinajstić information content (AvgIpc) is 3.13. The third kappa shape index (κ3) is 3.13. The SMILES string of the molecule is Cc1cc(C(=O)N2CCC([C@H]3OCC[C@@H]3C(N)=O)CC2)c(C)o1. The molecule has 2 N–H and O–H groups in total. The van der Waals surface area contributed by atoms with Crippen LogP contribution in [0.3, 0.4) is 0 Å². The summed E-state index contributed by atoms with van der Waals surface area (Å²) in [7, 11) is 0. The van der Waals surface area contributed by atoms with Gasteiger partial charge in [0.05, 0.1) is 17.6 Å². The standard InChI is InChI=1S/C17H24N2O4/c1-10-9-14(11(2)23-10)17(21)19-6-3-12(4-7-19)15-13(16(18)20)5-8-22-15/h9,12-13,15H,3-8H2,1-2H3,(H2,18,20)/t13-,15+/m0/s1. The molecule has 0 unspecified atom stereocenters. The van der Waals surface area contributed by atoms with Crippen LogP contribution in [-0.4, -0.2) is 42.5 Å². The molecule has 1 aromatic rings. The fourth-order valence-corrected chi connectivity index (χ4v) is 3.82. The molecule has 3 rings (SSSR count). The number of ether oxygens (including phenoxy) is 1. The van der Waals surface area contributed by atoms with E-state index >= 15 is 0 Å². The lowest BCUT2D eigenvalue weighted by molar-refractivity contribution is -0.124. The molecule has 126 valence electrons. The van der Waals surface area contributed by atoms with Crippen molar-refractivity contribution < 1.29 is 18.7 Å². The Balaban J connectivity index is 1.61. The third-order valence-corrected chi connectivity index (χ3v) is 5.06. The van der Waals surface area contributed by atoms with Gasteiger partial charge in [-0.05, 0) is 45.1 Å². The number of nitrogens with two attached hydrogens (primary N) is 1. The first-order valence-corrected chi connectivity index (χ1v) is 8.24. The zero-order valence-corrected chi connectivity index (χ0v) is 13.7. The normalized spacial score (nSPS) is 25.7. The molecule has 2 amide bonds. The van der Waals surface area contributed by atoms with E-state index in [9.17, 15) is 9.59 Å². The molecule has 6 heteroatoms. The third-order valence-electron chi connectivity index (χ3n) is 5.06. The van der Waals surface area contributed by atoms with Gasteiger partial charge in [0.2, 0.25) is 5.91 Å². The van der Waals surface area contributed by atoms with E-state index in [2.05, 4.69) is 0 Å². The Bertz CT molecular complexity index is 602. The van der Waals surface area contributed by atoms with E-state index in [0.29, 0.717) is 43.4 Å². The summed E-state index contributed by atoms with van der Waals surface area (Å²) in [5, 5.41) is 0. The van der Waals surface area contributed by atoms with Gasteiger partial charge in [0, 0.05) is 19.7 Å². The first-order valence-electron chi connectivity index (χ1n) is 8.24. The van der Waals surface area contributed by atoms with E-state index in [1.807, 2.05) is 18.7 Å². The number of carbonyl (C=O) groups is 2. The van der Waals surface area contributed by atoms with Gasteiger partial charge in [0.25, 0.3) is 5.91 Å². The van der Waals surface area contributed by atoms with Crippen molar-refractivity contribution in [1.29, 1.82) is 0 Å². The number of rotatable bonds is 3. The minimum Gasteiger partial charge on any atom is -0.466 e. The fraction of sp³-hybridized carbons (Fsp3) is 0.647. The average molecular weight is 320 g/mol. The van der Waals surface area contributed by atoms with Crippen molar-refractivity contribution in [3.05, 3.63) is 23.2 Å². The molecule has 0 saturated carbocycles. The van der Waals surface area contributed by atoms with Crippen LogP contribution in [0.1, 0.15) is 41.1 Å². The monoisotopic (exact) mass is 320 g/mol. The molecular weight excluding hydrogens is 296 g/mol. The van der Waals surface area contributed by atoms with Crippen LogP contribution in [0.15, 0.2) is 10.5 Å². The van der Waals surface area contributed by atoms with Gasteiger partial charge in [0.15, 0.2) is 0 Å². The highest BCUT2D eigenvalue weighted by molar-refractivity contribution is 5.95. The Morgan fingerprint density at radius 3 is 2.48 bits per heavy atom. The molecule has 0 spiro atoms. The number of hydrogen-bond donors (Lipinski definition) is 1. The molecule has 2 saturated heterocycles. The van der Waals surface area contributed by atoms with Gasteiger partial charge in [-0.1, -0.05) is 0 Å². The number of hydrogen-bond acceptors (Lipinski definition) is 4. The molecule has 2 fully saturated rings. The summed E-state index contributed by atoms with van der Waals surface area (Å²) in [4.78, 5) is 26.0. The summed E-state index contributed by atoms with van der Waals surface area (Å²) in [5.41, 5.74) is 6.12. The summed E-state index contributed by atoms with van der Waals surface area (Å²) in [6.07, 6.45) is 2.32. The number of amides is 2. The quantitative estimate of drug-likeness (QED) is 0.917. The number of aryl methyl sites for hydroxylation is 2. The second-order valence-corrected chi connectivity index (χ2v) is 6.59. The van der Waals surface area contributed by atoms with Crippen molar-refractivity contribution in [2.75, 3.05) is 19.7 Å². The number of furan rings is 1. The molecule has 2 atom stereocenters. The lowest BCUT2D eigenvalue weighted by atomic mass is 9.84. The summed E-state index contributed by atoms with van der Waals surface area (Å²) in [6, 6.07) is 1.80. The number of likely N-dealkylation sites (tertiary alicyclic amines) is 1. The predicted molar refractivity (Wildman–Crippen MR) is 83.9 cm³/mol. The molecule has 0 radical (unpaired) electrons. The topological polar surface area (TPSA) is 85.8 Å². The van der Waals surface area contributed by atoms with Crippen LogP contribution in [0.25, 0.3) is 0 Å². The molecule has 1 aromatic heterocycles. The van der Waals surface area contributed by atoms with Gasteiger partial charge < -0.3 is 19.8 Å². The molecule has 2 aliphatic heterocycles. The zero-order valence-electron chi connectivity index (χ0n) is 13.7. The molecule has 3 heterocycles. The lowest BCUT2D eigenvalue weighted by Gasteiger charge is -2.35. The molecule has 23 heavy (non-hydrogen) atoms. The molecule has 0 aromatic carbocycles. The minimum atomic E-state index is -0.268. The van der Waals surface area contributed by atoms with Crippen LogP contribution in [0.5, 0.6) is 0 Å². The van der Waals surface area contributed by atoms with E-state index < -0.39 is 0 Å². The Morgan fingerprint density at radius 1 is 1.22 bits per heavy atom. The van der Waals surface area contributed by atoms with Crippen molar-refractivity contribution in [3.63, 3.8) is 0 Å². The lowest BCUT2D eigenvalue weighted by Crippen LogP contribution is -2.44. The van der Waals surface area contributed by atoms with Gasteiger partial charge in [0.1, 0.15) is 11.5 Å². The largest absolute Gasteiger partial charge is 0.466 e. The number of piperidine rings is 1. The summed E-state index contributed by atoms with van der Waals surface area (Å²) in [5.74, 6) is 1.30. The van der Waals surface area contributed by atoms with Crippen LogP contribution in [-0.2, 0) is 9.53 Å². The van der Waals surface area contributed by atoms with Gasteiger partial charge in [-0.3, -0.25) is 9.59 Å². The highest BCUT2D eigenvalue weighted by atomic mass is 16.5. The van der Waals surface area contributed by atoms with Crippen molar-refractivity contribution in [2.45, 2.75) is 39.2 Å². The van der Waals surface area contributed by atoms with Crippen LogP contribution in [0.2, 0.25) is 0 Å². The van der Waals surface area contributed by atoms with Gasteiger partial charge in [-0.25, -0.2) is 0 Å². The second-order valence-electron chi connectivity index (χ2n) is 6.59. The number of nitrogens with zero attached hydrogens (tertiary/aromatic N) is 1. The van der Waals surface area contributed by atoms with E-state index in [0.717, 1.165) is 18.6 Å². The highest BCUT2D eigenvalue weighted by Gasteiger charge is 2.40. The van der Waals surface area contributed by atoms with Gasteiger partial charge in [-0.15, -0.1) is 0 Å². The van der Waals surface area contributed by atoms with Gasteiger partial charge in [-0.2, -0.15) is 0 Å². The zero-order chi connectivity index (χ0) is 16.6. The first kappa shape index (κ1) is 16.1. The minimum absolute atomic E-state index is 0.0246. The van der Waals surface area contributed by atoms with Crippen molar-refractivity contribution in [2.24, 2.45) is 17.6 Å². The van der Waals surface area contributed by atoms with E-state index in [1.54, 1.807) is 6.07 Å². The Morgan fingerprint density at radius 2 is 1.91 bits per heavy atom. The summed E-state index contributed by atoms with van der Waals surface area (Å²) >= 11 is 0. The smallest absolute Gasteiger partial charge is 0.257 e. The molecule has 2 aliphatic rings. The predicted octanol–water partition coefficient (Wildman–Crippen LogP) is 1.64. The number of primary amides is 1. The van der Waals surface area contributed by atoms with E-state index in [1.165, 1.54) is 0 Å². The number of carbonyl (C=O) groups excluding carboxylic acids is 2. The second kappa shape index (κ2) is 6.35. The fourth-order valence-electron chi connectivity index (χ4n) is 3.82. The maximum atomic E-state index is 12.6. The van der Waals surface area contributed by atoms with E-state index in [-0.39, 0.29) is 23.8 Å². The van der Waals surface area contributed by atoms with Crippen molar-refractivity contribution >= 4 is 11.8 Å². The maximum Gasteiger partial charge on any atom is 0.257 e. The summed E-state index contributed by atoms with van der Waals surface area (Å²) in [6.45, 7) is 5.62. The van der Waals surface area contributed by atoms with Crippen LogP contribution in [0.4, 0.5) is 0 Å². The first-order chi connectivity index (χ1) is 11.0. The van der Waals surface area contributed by atoms with Crippen LogP contribution >= 0.6 is 0 Å². The Hall–Kier alpha value is -1.82. The highest BCUT2D eigenvalue weighted by Crippen LogP contribution is 2.33. The van der Waals surface area contributed by atoms with E-state index in [4.69, 9.17) is 14.9 Å². The molecule has 0 bridgehead atoms.